The second-order valence-corrected chi connectivity index (χ2v) is 4.39. The number of aliphatic hydroxyl groups is 1. The highest BCUT2D eigenvalue weighted by Crippen LogP contribution is 2.27. The summed E-state index contributed by atoms with van der Waals surface area (Å²) in [5.74, 6) is 0.358. The van der Waals surface area contributed by atoms with Crippen LogP contribution in [-0.2, 0) is 0 Å². The highest BCUT2D eigenvalue weighted by molar-refractivity contribution is 5.57. The van der Waals surface area contributed by atoms with E-state index in [1.807, 2.05) is 18.2 Å². The SMILES string of the molecule is OCCCN1CCN(c2ccccc2O)CC1. The van der Waals surface area contributed by atoms with Gasteiger partial charge in [-0.25, -0.2) is 0 Å². The van der Waals surface area contributed by atoms with E-state index in [1.54, 1.807) is 6.07 Å². The second-order valence-electron chi connectivity index (χ2n) is 4.39. The van der Waals surface area contributed by atoms with E-state index in [1.165, 1.54) is 0 Å². The van der Waals surface area contributed by atoms with Crippen LogP contribution in [0.2, 0.25) is 0 Å². The number of phenols is 1. The first-order chi connectivity index (χ1) is 8.31. The summed E-state index contributed by atoms with van der Waals surface area (Å²) in [6, 6.07) is 7.48. The van der Waals surface area contributed by atoms with Gasteiger partial charge in [0.2, 0.25) is 0 Å². The molecule has 94 valence electrons. The van der Waals surface area contributed by atoms with Gasteiger partial charge in [-0.3, -0.25) is 4.90 Å². The molecule has 4 nitrogen and oxygen atoms in total. The predicted molar refractivity (Wildman–Crippen MR) is 68.5 cm³/mol. The fourth-order valence-electron chi connectivity index (χ4n) is 2.24. The van der Waals surface area contributed by atoms with Crippen LogP contribution in [-0.4, -0.2) is 54.4 Å². The largest absolute Gasteiger partial charge is 0.506 e. The summed E-state index contributed by atoms with van der Waals surface area (Å²) in [6.07, 6.45) is 0.844. The molecular weight excluding hydrogens is 216 g/mol. The molecule has 0 radical (unpaired) electrons. The van der Waals surface area contributed by atoms with Crippen molar-refractivity contribution in [2.75, 3.05) is 44.2 Å². The van der Waals surface area contributed by atoms with Crippen molar-refractivity contribution in [3.8, 4) is 5.75 Å². The van der Waals surface area contributed by atoms with Gasteiger partial charge < -0.3 is 15.1 Å². The van der Waals surface area contributed by atoms with Crippen LogP contribution in [0, 0.1) is 0 Å². The topological polar surface area (TPSA) is 46.9 Å². The fraction of sp³-hybridized carbons (Fsp3) is 0.538. The smallest absolute Gasteiger partial charge is 0.138 e. The van der Waals surface area contributed by atoms with Crippen LogP contribution < -0.4 is 4.90 Å². The Hall–Kier alpha value is -1.26. The molecule has 1 aliphatic heterocycles. The van der Waals surface area contributed by atoms with E-state index in [2.05, 4.69) is 9.80 Å². The van der Waals surface area contributed by atoms with Crippen molar-refractivity contribution in [2.45, 2.75) is 6.42 Å². The van der Waals surface area contributed by atoms with Gasteiger partial charge in [0.1, 0.15) is 5.75 Å². The van der Waals surface area contributed by atoms with Crippen molar-refractivity contribution in [3.05, 3.63) is 24.3 Å². The molecule has 1 heterocycles. The summed E-state index contributed by atoms with van der Waals surface area (Å²) in [5.41, 5.74) is 0.925. The average molecular weight is 236 g/mol. The van der Waals surface area contributed by atoms with Crippen LogP contribution in [0.5, 0.6) is 5.75 Å². The molecule has 1 aliphatic rings. The first-order valence-electron chi connectivity index (χ1n) is 6.17. The molecule has 0 aromatic heterocycles. The number of aromatic hydroxyl groups is 1. The molecule has 2 N–H and O–H groups in total. The average Bonchev–Trinajstić information content (AvgIpc) is 2.38. The van der Waals surface area contributed by atoms with Crippen LogP contribution in [0.1, 0.15) is 6.42 Å². The van der Waals surface area contributed by atoms with Crippen molar-refractivity contribution in [3.63, 3.8) is 0 Å². The molecule has 4 heteroatoms. The standard InChI is InChI=1S/C13H20N2O2/c16-11-3-6-14-7-9-15(10-8-14)12-4-1-2-5-13(12)17/h1-2,4-5,16-17H,3,6-11H2. The number of hydrogen-bond donors (Lipinski definition) is 2. The molecule has 1 aromatic rings. The van der Waals surface area contributed by atoms with E-state index in [0.717, 1.165) is 44.8 Å². The van der Waals surface area contributed by atoms with Crippen LogP contribution >= 0.6 is 0 Å². The molecule has 2 rings (SSSR count). The van der Waals surface area contributed by atoms with Crippen LogP contribution in [0.4, 0.5) is 5.69 Å². The molecule has 0 unspecified atom stereocenters. The molecule has 0 aliphatic carbocycles. The maximum absolute atomic E-state index is 9.78. The van der Waals surface area contributed by atoms with E-state index in [9.17, 15) is 5.11 Å². The van der Waals surface area contributed by atoms with Gasteiger partial charge in [0.15, 0.2) is 0 Å². The van der Waals surface area contributed by atoms with E-state index in [-0.39, 0.29) is 6.61 Å². The Morgan fingerprint density at radius 1 is 1.06 bits per heavy atom. The van der Waals surface area contributed by atoms with Crippen LogP contribution in [0.3, 0.4) is 0 Å². The zero-order chi connectivity index (χ0) is 12.1. The Morgan fingerprint density at radius 3 is 2.41 bits per heavy atom. The minimum atomic E-state index is 0.264. The van der Waals surface area contributed by atoms with E-state index in [0.29, 0.717) is 5.75 Å². The zero-order valence-electron chi connectivity index (χ0n) is 10.0. The molecule has 0 spiro atoms. The van der Waals surface area contributed by atoms with E-state index in [4.69, 9.17) is 5.11 Å². The molecular formula is C13H20N2O2. The van der Waals surface area contributed by atoms with Gasteiger partial charge in [0.25, 0.3) is 0 Å². The number of piperazine rings is 1. The maximum atomic E-state index is 9.78. The fourth-order valence-corrected chi connectivity index (χ4v) is 2.24. The van der Waals surface area contributed by atoms with Crippen molar-refractivity contribution < 1.29 is 10.2 Å². The Morgan fingerprint density at radius 2 is 1.76 bits per heavy atom. The lowest BCUT2D eigenvalue weighted by Gasteiger charge is -2.36. The van der Waals surface area contributed by atoms with Gasteiger partial charge >= 0.3 is 0 Å². The van der Waals surface area contributed by atoms with Crippen LogP contribution in [0.15, 0.2) is 24.3 Å². The molecule has 0 atom stereocenters. The monoisotopic (exact) mass is 236 g/mol. The number of rotatable bonds is 4. The van der Waals surface area contributed by atoms with Crippen LogP contribution in [0.25, 0.3) is 0 Å². The summed E-state index contributed by atoms with van der Waals surface area (Å²) in [4.78, 5) is 4.57. The molecule has 0 saturated carbocycles. The Bertz CT molecular complexity index is 349. The third kappa shape index (κ3) is 3.11. The maximum Gasteiger partial charge on any atom is 0.138 e. The number of benzene rings is 1. The summed E-state index contributed by atoms with van der Waals surface area (Å²) >= 11 is 0. The molecule has 1 fully saturated rings. The van der Waals surface area contributed by atoms with Gasteiger partial charge in [0, 0.05) is 39.3 Å². The Balaban J connectivity index is 1.89. The summed E-state index contributed by atoms with van der Waals surface area (Å²) in [5, 5.41) is 18.6. The van der Waals surface area contributed by atoms with Crippen molar-refractivity contribution in [1.82, 2.24) is 4.90 Å². The predicted octanol–water partition coefficient (Wildman–Crippen LogP) is 0.897. The number of anilines is 1. The lowest BCUT2D eigenvalue weighted by atomic mass is 10.2. The number of para-hydroxylation sites is 2. The third-order valence-electron chi connectivity index (χ3n) is 3.23. The molecule has 1 aromatic carbocycles. The van der Waals surface area contributed by atoms with Gasteiger partial charge in [-0.05, 0) is 18.6 Å². The Kier molecular flexibility index (Phi) is 4.23. The number of aliphatic hydroxyl groups excluding tert-OH is 1. The molecule has 1 saturated heterocycles. The van der Waals surface area contributed by atoms with Gasteiger partial charge in [-0.1, -0.05) is 12.1 Å². The minimum Gasteiger partial charge on any atom is -0.506 e. The van der Waals surface area contributed by atoms with Crippen molar-refractivity contribution in [1.29, 1.82) is 0 Å². The normalized spacial score (nSPS) is 17.4. The van der Waals surface area contributed by atoms with E-state index < -0.39 is 0 Å². The molecule has 0 bridgehead atoms. The van der Waals surface area contributed by atoms with Crippen molar-refractivity contribution in [2.24, 2.45) is 0 Å². The Labute approximate surface area is 102 Å². The van der Waals surface area contributed by atoms with Crippen molar-refractivity contribution >= 4 is 5.69 Å². The first-order valence-corrected chi connectivity index (χ1v) is 6.17. The molecule has 0 amide bonds. The van der Waals surface area contributed by atoms with E-state index >= 15 is 0 Å². The summed E-state index contributed by atoms with van der Waals surface area (Å²) in [7, 11) is 0. The summed E-state index contributed by atoms with van der Waals surface area (Å²) < 4.78 is 0. The number of hydrogen-bond acceptors (Lipinski definition) is 4. The lowest BCUT2D eigenvalue weighted by Crippen LogP contribution is -2.46. The number of nitrogens with zero attached hydrogens (tertiary/aromatic N) is 2. The molecule has 17 heavy (non-hydrogen) atoms. The van der Waals surface area contributed by atoms with Gasteiger partial charge in [-0.15, -0.1) is 0 Å². The number of phenolic OH excluding ortho intramolecular Hbond substituents is 1. The highest BCUT2D eigenvalue weighted by Gasteiger charge is 2.18. The third-order valence-corrected chi connectivity index (χ3v) is 3.23. The van der Waals surface area contributed by atoms with Gasteiger partial charge in [-0.2, -0.15) is 0 Å². The first kappa shape index (κ1) is 12.2. The highest BCUT2D eigenvalue weighted by atomic mass is 16.3. The quantitative estimate of drug-likeness (QED) is 0.815. The van der Waals surface area contributed by atoms with Gasteiger partial charge in [0.05, 0.1) is 5.69 Å². The minimum absolute atomic E-state index is 0.264. The summed E-state index contributed by atoms with van der Waals surface area (Å²) in [6.45, 7) is 5.08. The lowest BCUT2D eigenvalue weighted by molar-refractivity contribution is 0.215. The second kappa shape index (κ2) is 5.89. The zero-order valence-corrected chi connectivity index (χ0v) is 10.0.